The van der Waals surface area contributed by atoms with Gasteiger partial charge in [-0.05, 0) is 6.42 Å². The minimum absolute atomic E-state index is 0.00648. The van der Waals surface area contributed by atoms with Crippen LogP contribution in [-0.2, 0) is 0 Å². The Balaban J connectivity index is 2.57. The SMILES string of the molecule is [B]/C=C1\CC1(CO)CO. The molecule has 1 aliphatic carbocycles. The second kappa shape index (κ2) is 2.16. The zero-order chi connectivity index (χ0) is 6.91. The van der Waals surface area contributed by atoms with Gasteiger partial charge in [0.15, 0.2) is 0 Å². The van der Waals surface area contributed by atoms with E-state index in [1.165, 1.54) is 5.98 Å². The maximum Gasteiger partial charge on any atom is 0.102 e. The Morgan fingerprint density at radius 1 is 1.56 bits per heavy atom. The third kappa shape index (κ3) is 0.905. The highest BCUT2D eigenvalue weighted by molar-refractivity contribution is 6.17. The summed E-state index contributed by atoms with van der Waals surface area (Å²) in [4.78, 5) is 0. The molecule has 1 saturated carbocycles. The van der Waals surface area contributed by atoms with Crippen LogP contribution in [-0.4, -0.2) is 31.3 Å². The Morgan fingerprint density at radius 3 is 2.22 bits per heavy atom. The Bertz CT molecular complexity index is 138. The van der Waals surface area contributed by atoms with Gasteiger partial charge >= 0.3 is 0 Å². The maximum atomic E-state index is 8.70. The first-order valence-corrected chi connectivity index (χ1v) is 2.92. The molecule has 9 heavy (non-hydrogen) atoms. The van der Waals surface area contributed by atoms with Crippen molar-refractivity contribution in [2.45, 2.75) is 6.42 Å². The molecular weight excluding hydrogens is 115 g/mol. The monoisotopic (exact) mass is 124 g/mol. The van der Waals surface area contributed by atoms with E-state index < -0.39 is 0 Å². The Hall–Kier alpha value is -0.275. The molecule has 0 atom stereocenters. The summed E-state index contributed by atoms with van der Waals surface area (Å²) in [5.41, 5.74) is 0.613. The quantitative estimate of drug-likeness (QED) is 0.483. The van der Waals surface area contributed by atoms with E-state index in [0.29, 0.717) is 0 Å². The first-order chi connectivity index (χ1) is 4.29. The maximum absolute atomic E-state index is 8.70. The number of hydrogen-bond donors (Lipinski definition) is 2. The van der Waals surface area contributed by atoms with Crippen molar-refractivity contribution >= 4 is 7.85 Å². The molecule has 1 rings (SSSR count). The summed E-state index contributed by atoms with van der Waals surface area (Å²) >= 11 is 0. The molecule has 0 amide bonds. The van der Waals surface area contributed by atoms with Crippen LogP contribution in [0.3, 0.4) is 0 Å². The first-order valence-electron chi connectivity index (χ1n) is 2.92. The zero-order valence-electron chi connectivity index (χ0n) is 5.17. The zero-order valence-corrected chi connectivity index (χ0v) is 5.17. The van der Waals surface area contributed by atoms with E-state index in [-0.39, 0.29) is 18.6 Å². The van der Waals surface area contributed by atoms with Gasteiger partial charge in [-0.15, -0.1) is 5.98 Å². The van der Waals surface area contributed by atoms with Gasteiger partial charge in [0.25, 0.3) is 0 Å². The van der Waals surface area contributed by atoms with Gasteiger partial charge in [-0.1, -0.05) is 5.57 Å². The summed E-state index contributed by atoms with van der Waals surface area (Å²) in [6.45, 7) is 0.0130. The molecule has 0 heterocycles. The van der Waals surface area contributed by atoms with Crippen molar-refractivity contribution < 1.29 is 10.2 Å². The van der Waals surface area contributed by atoms with Crippen molar-refractivity contribution in [2.75, 3.05) is 13.2 Å². The molecule has 2 radical (unpaired) electrons. The molecule has 0 aliphatic heterocycles. The fourth-order valence-electron chi connectivity index (χ4n) is 0.921. The minimum atomic E-state index is -0.352. The van der Waals surface area contributed by atoms with Gasteiger partial charge in [0.2, 0.25) is 0 Å². The second-order valence-corrected chi connectivity index (χ2v) is 2.47. The number of aliphatic hydroxyl groups is 2. The molecule has 1 fully saturated rings. The summed E-state index contributed by atoms with van der Waals surface area (Å²) in [5, 5.41) is 17.4. The lowest BCUT2D eigenvalue weighted by Crippen LogP contribution is -2.11. The van der Waals surface area contributed by atoms with Crippen LogP contribution in [0.5, 0.6) is 0 Å². The second-order valence-electron chi connectivity index (χ2n) is 2.47. The van der Waals surface area contributed by atoms with Gasteiger partial charge in [-0.2, -0.15) is 0 Å². The molecule has 1 aliphatic rings. The van der Waals surface area contributed by atoms with Crippen LogP contribution in [0.2, 0.25) is 0 Å². The number of hydrogen-bond acceptors (Lipinski definition) is 2. The van der Waals surface area contributed by atoms with E-state index in [1.807, 2.05) is 0 Å². The van der Waals surface area contributed by atoms with Crippen LogP contribution in [0, 0.1) is 5.41 Å². The van der Waals surface area contributed by atoms with Crippen LogP contribution >= 0.6 is 0 Å². The lowest BCUT2D eigenvalue weighted by molar-refractivity contribution is 0.143. The van der Waals surface area contributed by atoms with Crippen molar-refractivity contribution in [1.29, 1.82) is 0 Å². The Kier molecular flexibility index (Phi) is 1.64. The van der Waals surface area contributed by atoms with E-state index in [2.05, 4.69) is 0 Å². The summed E-state index contributed by atoms with van der Waals surface area (Å²) in [5.74, 6) is 1.46. The van der Waals surface area contributed by atoms with Crippen LogP contribution in [0.15, 0.2) is 11.5 Å². The molecule has 0 bridgehead atoms. The molecule has 0 spiro atoms. The molecular formula is C6H9BO2. The van der Waals surface area contributed by atoms with Crippen LogP contribution in [0.25, 0.3) is 0 Å². The van der Waals surface area contributed by atoms with Crippen molar-refractivity contribution in [1.82, 2.24) is 0 Å². The summed E-state index contributed by atoms with van der Waals surface area (Å²) in [7, 11) is 5.18. The van der Waals surface area contributed by atoms with Gasteiger partial charge in [-0.25, -0.2) is 0 Å². The van der Waals surface area contributed by atoms with Crippen molar-refractivity contribution in [2.24, 2.45) is 5.41 Å². The van der Waals surface area contributed by atoms with Crippen molar-refractivity contribution in [3.05, 3.63) is 11.5 Å². The standard InChI is InChI=1S/C6H9BO2/c7-2-5-1-6(5,3-8)4-9/h2,8-9H,1,3-4H2/b5-2+. The van der Waals surface area contributed by atoms with Crippen LogP contribution in [0.1, 0.15) is 6.42 Å². The Labute approximate surface area is 55.6 Å². The normalized spacial score (nSPS) is 26.7. The average molecular weight is 124 g/mol. The largest absolute Gasteiger partial charge is 0.395 e. The summed E-state index contributed by atoms with van der Waals surface area (Å²) in [6, 6.07) is 0. The predicted octanol–water partition coefficient (Wildman–Crippen LogP) is -0.587. The third-order valence-corrected chi connectivity index (χ3v) is 1.89. The van der Waals surface area contributed by atoms with Gasteiger partial charge < -0.3 is 10.2 Å². The lowest BCUT2D eigenvalue weighted by atomic mass is 10.0. The summed E-state index contributed by atoms with van der Waals surface area (Å²) < 4.78 is 0. The van der Waals surface area contributed by atoms with Crippen molar-refractivity contribution in [3.8, 4) is 0 Å². The smallest absolute Gasteiger partial charge is 0.102 e. The molecule has 2 nitrogen and oxygen atoms in total. The van der Waals surface area contributed by atoms with E-state index in [1.54, 1.807) is 0 Å². The molecule has 2 N–H and O–H groups in total. The van der Waals surface area contributed by atoms with E-state index in [9.17, 15) is 0 Å². The summed E-state index contributed by atoms with van der Waals surface area (Å²) in [6.07, 6.45) is 0.747. The molecule has 0 saturated heterocycles. The fourth-order valence-corrected chi connectivity index (χ4v) is 0.921. The third-order valence-electron chi connectivity index (χ3n) is 1.89. The molecule has 0 aromatic carbocycles. The van der Waals surface area contributed by atoms with Gasteiger partial charge in [-0.3, -0.25) is 0 Å². The van der Waals surface area contributed by atoms with Crippen LogP contribution in [0.4, 0.5) is 0 Å². The van der Waals surface area contributed by atoms with Gasteiger partial charge in [0.05, 0.1) is 13.2 Å². The molecule has 48 valence electrons. The van der Waals surface area contributed by atoms with E-state index >= 15 is 0 Å². The average Bonchev–Trinajstić information content (AvgIpc) is 2.63. The predicted molar refractivity (Wildman–Crippen MR) is 35.1 cm³/mol. The minimum Gasteiger partial charge on any atom is -0.395 e. The highest BCUT2D eigenvalue weighted by Gasteiger charge is 2.46. The van der Waals surface area contributed by atoms with Crippen LogP contribution < -0.4 is 0 Å². The topological polar surface area (TPSA) is 40.5 Å². The lowest BCUT2D eigenvalue weighted by Gasteiger charge is -2.03. The van der Waals surface area contributed by atoms with Gasteiger partial charge in [0, 0.05) is 5.41 Å². The Morgan fingerprint density at radius 2 is 2.11 bits per heavy atom. The van der Waals surface area contributed by atoms with E-state index in [0.717, 1.165) is 12.0 Å². The number of rotatable bonds is 2. The molecule has 0 aromatic heterocycles. The molecule has 3 heteroatoms. The highest BCUT2D eigenvalue weighted by Crippen LogP contribution is 2.50. The molecule has 0 unspecified atom stereocenters. The van der Waals surface area contributed by atoms with E-state index in [4.69, 9.17) is 18.1 Å². The van der Waals surface area contributed by atoms with Crippen molar-refractivity contribution in [3.63, 3.8) is 0 Å². The molecule has 0 aromatic rings. The fraction of sp³-hybridized carbons (Fsp3) is 0.667. The number of aliphatic hydroxyl groups excluding tert-OH is 2. The van der Waals surface area contributed by atoms with Gasteiger partial charge in [0.1, 0.15) is 7.85 Å². The first kappa shape index (κ1) is 6.84. The highest BCUT2D eigenvalue weighted by atomic mass is 16.3.